The van der Waals surface area contributed by atoms with Crippen molar-refractivity contribution in [3.8, 4) is 6.07 Å². The van der Waals surface area contributed by atoms with Crippen LogP contribution in [0.15, 0.2) is 17.7 Å². The van der Waals surface area contributed by atoms with E-state index in [2.05, 4.69) is 4.74 Å². The smallest absolute Gasteiger partial charge is 0.352 e. The summed E-state index contributed by atoms with van der Waals surface area (Å²) >= 11 is 0. The van der Waals surface area contributed by atoms with Crippen LogP contribution < -0.4 is 0 Å². The molecule has 1 aromatic carbocycles. The van der Waals surface area contributed by atoms with Gasteiger partial charge in [0.15, 0.2) is 23.0 Å². The van der Waals surface area contributed by atoms with E-state index in [-0.39, 0.29) is 6.07 Å². The van der Waals surface area contributed by atoms with Crippen molar-refractivity contribution >= 4 is 11.7 Å². The molecule has 0 aliphatic carbocycles. The Morgan fingerprint density at radius 2 is 1.83 bits per heavy atom. The van der Waals surface area contributed by atoms with Crippen LogP contribution in [-0.4, -0.2) is 18.2 Å². The summed E-state index contributed by atoms with van der Waals surface area (Å²) in [6.45, 7) is 0. The number of aliphatic hydroxyl groups is 1. The third-order valence-electron chi connectivity index (χ3n) is 2.00. The molecule has 0 saturated heterocycles. The molecule has 4 nitrogen and oxygen atoms in total. The van der Waals surface area contributed by atoms with Gasteiger partial charge < -0.3 is 9.84 Å². The van der Waals surface area contributed by atoms with Crippen LogP contribution in [0.5, 0.6) is 0 Å². The van der Waals surface area contributed by atoms with Crippen LogP contribution >= 0.6 is 0 Å². The van der Waals surface area contributed by atoms with Gasteiger partial charge in [-0.3, -0.25) is 0 Å². The van der Waals surface area contributed by atoms with Gasteiger partial charge in [-0.2, -0.15) is 5.26 Å². The van der Waals surface area contributed by atoms with Crippen molar-refractivity contribution in [3.63, 3.8) is 0 Å². The number of ether oxygens (including phenoxy) is 1. The molecule has 18 heavy (non-hydrogen) atoms. The van der Waals surface area contributed by atoms with Gasteiger partial charge in [0.05, 0.1) is 12.7 Å². The quantitative estimate of drug-likeness (QED) is 0.289. The molecule has 0 radical (unpaired) electrons. The minimum atomic E-state index is -1.46. The Kier molecular flexibility index (Phi) is 3.94. The number of nitrogens with zero attached hydrogens (tertiary/aromatic N) is 1. The van der Waals surface area contributed by atoms with E-state index in [4.69, 9.17) is 5.26 Å². The van der Waals surface area contributed by atoms with Gasteiger partial charge in [0, 0.05) is 6.07 Å². The molecule has 0 aliphatic heterocycles. The van der Waals surface area contributed by atoms with E-state index in [1.54, 1.807) is 0 Å². The second-order valence-corrected chi connectivity index (χ2v) is 3.07. The minimum absolute atomic E-state index is 0.188. The topological polar surface area (TPSA) is 70.3 Å². The summed E-state index contributed by atoms with van der Waals surface area (Å²) in [6.07, 6.45) is 0. The van der Waals surface area contributed by atoms with Crippen molar-refractivity contribution in [2.75, 3.05) is 7.11 Å². The molecule has 0 fully saturated rings. The molecule has 0 atom stereocenters. The standard InChI is InChI=1S/C11H6F3NO3/c1-18-11(17)6(4-15)10(16)5-2-8(13)9(14)3-7(5)12/h2-3,16H,1H3/b10-6-. The Hall–Kier alpha value is -2.49. The molecule has 0 aliphatic rings. The molecule has 0 amide bonds. The summed E-state index contributed by atoms with van der Waals surface area (Å²) in [4.78, 5) is 11.1. The Morgan fingerprint density at radius 1 is 1.28 bits per heavy atom. The van der Waals surface area contributed by atoms with Gasteiger partial charge in [0.1, 0.15) is 11.9 Å². The maximum atomic E-state index is 13.3. The van der Waals surface area contributed by atoms with Crippen molar-refractivity contribution in [3.05, 3.63) is 40.7 Å². The lowest BCUT2D eigenvalue weighted by molar-refractivity contribution is -0.135. The highest BCUT2D eigenvalue weighted by atomic mass is 19.2. The Balaban J connectivity index is 3.47. The van der Waals surface area contributed by atoms with Crippen molar-refractivity contribution in [2.24, 2.45) is 0 Å². The second-order valence-electron chi connectivity index (χ2n) is 3.07. The number of hydrogen-bond acceptors (Lipinski definition) is 4. The third kappa shape index (κ3) is 2.43. The van der Waals surface area contributed by atoms with Crippen molar-refractivity contribution in [1.82, 2.24) is 0 Å². The Morgan fingerprint density at radius 3 is 2.33 bits per heavy atom. The zero-order valence-corrected chi connectivity index (χ0v) is 9.00. The molecule has 0 saturated carbocycles. The first-order valence-corrected chi connectivity index (χ1v) is 4.49. The molecule has 94 valence electrons. The number of halogens is 3. The summed E-state index contributed by atoms with van der Waals surface area (Å²) < 4.78 is 43.0. The number of methoxy groups -OCH3 is 1. The third-order valence-corrected chi connectivity index (χ3v) is 2.00. The van der Waals surface area contributed by atoms with Gasteiger partial charge >= 0.3 is 5.97 Å². The van der Waals surface area contributed by atoms with Gasteiger partial charge in [-0.25, -0.2) is 18.0 Å². The molecule has 1 rings (SSSR count). The summed E-state index contributed by atoms with van der Waals surface area (Å²) in [5, 5.41) is 18.1. The predicted octanol–water partition coefficient (Wildman–Crippen LogP) is 2.07. The Bertz CT molecular complexity index is 576. The fourth-order valence-corrected chi connectivity index (χ4v) is 1.14. The minimum Gasteiger partial charge on any atom is -0.506 e. The maximum Gasteiger partial charge on any atom is 0.352 e. The number of hydrogen-bond donors (Lipinski definition) is 1. The molecule has 0 spiro atoms. The van der Waals surface area contributed by atoms with Gasteiger partial charge in [-0.15, -0.1) is 0 Å². The van der Waals surface area contributed by atoms with Crippen molar-refractivity contribution in [2.45, 2.75) is 0 Å². The SMILES string of the molecule is COC(=O)/C(C#N)=C(\O)c1cc(F)c(F)cc1F. The normalized spacial score (nSPS) is 11.5. The second kappa shape index (κ2) is 5.23. The fraction of sp³-hybridized carbons (Fsp3) is 0.0909. The van der Waals surface area contributed by atoms with E-state index >= 15 is 0 Å². The number of rotatable bonds is 2. The van der Waals surface area contributed by atoms with E-state index in [1.165, 1.54) is 6.07 Å². The number of benzene rings is 1. The highest BCUT2D eigenvalue weighted by molar-refractivity contribution is 5.99. The summed E-state index contributed by atoms with van der Waals surface area (Å²) in [7, 11) is 0.939. The van der Waals surface area contributed by atoms with E-state index in [0.29, 0.717) is 6.07 Å². The molecule has 7 heteroatoms. The number of esters is 1. The zero-order chi connectivity index (χ0) is 13.9. The Labute approximate surface area is 99.5 Å². The average Bonchev–Trinajstić information content (AvgIpc) is 2.34. The number of carbonyl (C=O) groups excluding carboxylic acids is 1. The molecule has 0 bridgehead atoms. The van der Waals surface area contributed by atoms with Gasteiger partial charge in [0.2, 0.25) is 0 Å². The summed E-state index contributed by atoms with van der Waals surface area (Å²) in [6, 6.07) is 1.81. The lowest BCUT2D eigenvalue weighted by Gasteiger charge is -2.05. The highest BCUT2D eigenvalue weighted by Crippen LogP contribution is 2.22. The van der Waals surface area contributed by atoms with Crippen LogP contribution in [0.4, 0.5) is 13.2 Å². The van der Waals surface area contributed by atoms with Crippen molar-refractivity contribution < 1.29 is 27.8 Å². The highest BCUT2D eigenvalue weighted by Gasteiger charge is 2.21. The van der Waals surface area contributed by atoms with Crippen LogP contribution in [-0.2, 0) is 9.53 Å². The molecule has 1 N–H and O–H groups in total. The van der Waals surface area contributed by atoms with Crippen LogP contribution in [0.2, 0.25) is 0 Å². The number of nitriles is 1. The molecule has 1 aromatic rings. The largest absolute Gasteiger partial charge is 0.506 e. The average molecular weight is 257 g/mol. The maximum absolute atomic E-state index is 13.3. The van der Waals surface area contributed by atoms with E-state index in [9.17, 15) is 23.1 Å². The van der Waals surface area contributed by atoms with Crippen LogP contribution in [0, 0.1) is 28.8 Å². The molecule has 0 heterocycles. The fourth-order valence-electron chi connectivity index (χ4n) is 1.14. The van der Waals surface area contributed by atoms with Gasteiger partial charge in [-0.1, -0.05) is 0 Å². The lowest BCUT2D eigenvalue weighted by Crippen LogP contribution is -2.07. The summed E-state index contributed by atoms with van der Waals surface area (Å²) in [5.41, 5.74) is -1.72. The zero-order valence-electron chi connectivity index (χ0n) is 9.00. The molecule has 0 aromatic heterocycles. The van der Waals surface area contributed by atoms with Gasteiger partial charge in [-0.05, 0) is 6.07 Å². The lowest BCUT2D eigenvalue weighted by atomic mass is 10.1. The monoisotopic (exact) mass is 257 g/mol. The predicted molar refractivity (Wildman–Crippen MR) is 53.5 cm³/mol. The molecule has 0 unspecified atom stereocenters. The summed E-state index contributed by atoms with van der Waals surface area (Å²) in [5.74, 6) is -6.55. The first-order valence-electron chi connectivity index (χ1n) is 4.49. The van der Waals surface area contributed by atoms with E-state index in [0.717, 1.165) is 7.11 Å². The molecular formula is C11H6F3NO3. The number of aliphatic hydroxyl groups excluding tert-OH is 1. The van der Waals surface area contributed by atoms with Crippen LogP contribution in [0.1, 0.15) is 5.56 Å². The van der Waals surface area contributed by atoms with Crippen LogP contribution in [0.3, 0.4) is 0 Å². The van der Waals surface area contributed by atoms with E-state index in [1.807, 2.05) is 0 Å². The first-order chi connectivity index (χ1) is 8.42. The van der Waals surface area contributed by atoms with E-state index < -0.39 is 40.3 Å². The van der Waals surface area contributed by atoms with Gasteiger partial charge in [0.25, 0.3) is 0 Å². The molecular weight excluding hydrogens is 251 g/mol. The first kappa shape index (κ1) is 13.6. The van der Waals surface area contributed by atoms with Crippen molar-refractivity contribution in [1.29, 1.82) is 5.26 Å². The number of carbonyl (C=O) groups is 1. The van der Waals surface area contributed by atoms with Crippen LogP contribution in [0.25, 0.3) is 5.76 Å².